The Balaban J connectivity index is 2.22. The predicted molar refractivity (Wildman–Crippen MR) is 78.3 cm³/mol. The van der Waals surface area contributed by atoms with Crippen LogP contribution in [0.5, 0.6) is 0 Å². The molecule has 20 heavy (non-hydrogen) atoms. The van der Waals surface area contributed by atoms with Crippen molar-refractivity contribution in [3.05, 3.63) is 12.0 Å². The van der Waals surface area contributed by atoms with Crippen molar-refractivity contribution in [3.8, 4) is 0 Å². The van der Waals surface area contributed by atoms with Crippen LogP contribution in [-0.4, -0.2) is 44.9 Å². The molecular weight excluding hydrogens is 254 g/mol. The van der Waals surface area contributed by atoms with Gasteiger partial charge in [0.15, 0.2) is 11.7 Å². The third kappa shape index (κ3) is 1.60. The minimum absolute atomic E-state index is 0.00902. The molecule has 2 amide bonds. The molecule has 0 aromatic carbocycles. The quantitative estimate of drug-likeness (QED) is 0.831. The van der Waals surface area contributed by atoms with Crippen LogP contribution in [0.2, 0.25) is 0 Å². The average molecular weight is 275 g/mol. The Hall–Kier alpha value is -1.85. The van der Waals surface area contributed by atoms with Gasteiger partial charge in [0.1, 0.15) is 5.69 Å². The molecular formula is C14H21N5O. The summed E-state index contributed by atoms with van der Waals surface area (Å²) in [4.78, 5) is 25.4. The first-order valence-corrected chi connectivity index (χ1v) is 7.17. The van der Waals surface area contributed by atoms with Gasteiger partial charge in [-0.1, -0.05) is 0 Å². The molecule has 3 heterocycles. The number of urea groups is 1. The summed E-state index contributed by atoms with van der Waals surface area (Å²) in [7, 11) is 0. The lowest BCUT2D eigenvalue weighted by atomic mass is 10.2. The van der Waals surface area contributed by atoms with E-state index in [1.165, 1.54) is 0 Å². The van der Waals surface area contributed by atoms with Gasteiger partial charge in [-0.15, -0.1) is 0 Å². The molecule has 108 valence electrons. The molecule has 0 radical (unpaired) electrons. The number of aliphatic imine (C=N–C) groups is 1. The molecule has 1 aromatic heterocycles. The van der Waals surface area contributed by atoms with E-state index in [-0.39, 0.29) is 24.2 Å². The molecule has 1 aromatic rings. The van der Waals surface area contributed by atoms with Crippen LogP contribution in [0.25, 0.3) is 0 Å². The Labute approximate surface area is 119 Å². The fourth-order valence-electron chi connectivity index (χ4n) is 2.86. The zero-order valence-corrected chi connectivity index (χ0v) is 12.7. The molecule has 0 unspecified atom stereocenters. The number of rotatable bonds is 2. The normalized spacial score (nSPS) is 21.6. The highest BCUT2D eigenvalue weighted by atomic mass is 16.2. The summed E-state index contributed by atoms with van der Waals surface area (Å²) in [6.45, 7) is 10.9. The van der Waals surface area contributed by atoms with Gasteiger partial charge >= 0.3 is 6.03 Å². The van der Waals surface area contributed by atoms with E-state index in [1.807, 2.05) is 32.0 Å². The third-order valence-electron chi connectivity index (χ3n) is 3.87. The average Bonchev–Trinajstić information content (AvgIpc) is 2.92. The lowest BCUT2D eigenvalue weighted by Gasteiger charge is -2.37. The maximum absolute atomic E-state index is 12.7. The largest absolute Gasteiger partial charge is 0.331 e. The number of amidine groups is 1. The first kappa shape index (κ1) is 13.1. The molecule has 0 aliphatic carbocycles. The van der Waals surface area contributed by atoms with Gasteiger partial charge in [0.25, 0.3) is 0 Å². The van der Waals surface area contributed by atoms with Gasteiger partial charge in [0.05, 0.1) is 18.9 Å². The van der Waals surface area contributed by atoms with Crippen molar-refractivity contribution in [1.29, 1.82) is 0 Å². The molecule has 0 bridgehead atoms. The lowest BCUT2D eigenvalue weighted by Crippen LogP contribution is -2.55. The smallest absolute Gasteiger partial charge is 0.324 e. The monoisotopic (exact) mass is 275 g/mol. The Kier molecular flexibility index (Phi) is 2.84. The van der Waals surface area contributed by atoms with Crippen molar-refractivity contribution in [3.63, 3.8) is 0 Å². The fraction of sp³-hybridized carbons (Fsp3) is 0.643. The number of nitrogens with zero attached hydrogens (tertiary/aromatic N) is 5. The van der Waals surface area contributed by atoms with Crippen molar-refractivity contribution < 1.29 is 4.79 Å². The molecule has 0 fully saturated rings. The summed E-state index contributed by atoms with van der Waals surface area (Å²) in [6.07, 6.45) is 1.81. The Morgan fingerprint density at radius 3 is 2.55 bits per heavy atom. The zero-order chi connectivity index (χ0) is 14.6. The first-order valence-electron chi connectivity index (χ1n) is 7.17. The van der Waals surface area contributed by atoms with Gasteiger partial charge < -0.3 is 4.57 Å². The summed E-state index contributed by atoms with van der Waals surface area (Å²) in [6, 6.07) is 0.465. The van der Waals surface area contributed by atoms with Crippen molar-refractivity contribution in [1.82, 2.24) is 14.5 Å². The summed E-state index contributed by atoms with van der Waals surface area (Å²) >= 11 is 0. The van der Waals surface area contributed by atoms with E-state index in [0.29, 0.717) is 6.54 Å². The molecule has 1 atom stereocenters. The lowest BCUT2D eigenvalue weighted by molar-refractivity contribution is 0.218. The van der Waals surface area contributed by atoms with Gasteiger partial charge in [-0.2, -0.15) is 0 Å². The van der Waals surface area contributed by atoms with E-state index < -0.39 is 0 Å². The van der Waals surface area contributed by atoms with Crippen LogP contribution in [0.3, 0.4) is 0 Å². The van der Waals surface area contributed by atoms with E-state index in [1.54, 1.807) is 4.90 Å². The van der Waals surface area contributed by atoms with Crippen molar-refractivity contribution in [2.24, 2.45) is 4.99 Å². The van der Waals surface area contributed by atoms with Gasteiger partial charge in [-0.25, -0.2) is 9.78 Å². The second-order valence-corrected chi connectivity index (χ2v) is 6.05. The predicted octanol–water partition coefficient (Wildman–Crippen LogP) is 2.26. The highest BCUT2D eigenvalue weighted by Gasteiger charge is 2.44. The highest BCUT2D eigenvalue weighted by Crippen LogP contribution is 2.34. The minimum Gasteiger partial charge on any atom is -0.324 e. The molecule has 2 aliphatic heterocycles. The van der Waals surface area contributed by atoms with E-state index in [2.05, 4.69) is 28.4 Å². The minimum atomic E-state index is -0.00902. The van der Waals surface area contributed by atoms with Crippen LogP contribution >= 0.6 is 0 Å². The molecule has 6 heteroatoms. The molecule has 0 saturated heterocycles. The van der Waals surface area contributed by atoms with Crippen molar-refractivity contribution in [2.75, 3.05) is 11.4 Å². The van der Waals surface area contributed by atoms with Crippen LogP contribution in [0.15, 0.2) is 11.3 Å². The van der Waals surface area contributed by atoms with E-state index in [0.717, 1.165) is 17.3 Å². The number of fused-ring (bicyclic) bond motifs is 3. The van der Waals surface area contributed by atoms with E-state index in [9.17, 15) is 4.79 Å². The Morgan fingerprint density at radius 2 is 1.95 bits per heavy atom. The van der Waals surface area contributed by atoms with Crippen molar-refractivity contribution >= 4 is 17.7 Å². The molecule has 0 N–H and O–H groups in total. The third-order valence-corrected chi connectivity index (χ3v) is 3.87. The number of hydrogen-bond donors (Lipinski definition) is 0. The van der Waals surface area contributed by atoms with Gasteiger partial charge in [0, 0.05) is 12.1 Å². The fourth-order valence-corrected chi connectivity index (χ4v) is 2.86. The number of imidazole rings is 1. The molecule has 0 spiro atoms. The molecule has 6 nitrogen and oxygen atoms in total. The summed E-state index contributed by atoms with van der Waals surface area (Å²) in [5.74, 6) is 1.52. The Morgan fingerprint density at radius 1 is 1.25 bits per heavy atom. The standard InChI is InChI=1S/C14H21N5O/c1-8(2)17-7-16-13-11(17)12-15-6-10(5)19(12)14(20)18(13)9(3)4/h7-10H,6H2,1-5H3/t10-/m1/s1. The van der Waals surface area contributed by atoms with E-state index in [4.69, 9.17) is 0 Å². The number of carbonyl (C=O) groups excluding carboxylic acids is 1. The zero-order valence-electron chi connectivity index (χ0n) is 12.7. The van der Waals surface area contributed by atoms with Crippen LogP contribution in [0.4, 0.5) is 10.6 Å². The maximum Gasteiger partial charge on any atom is 0.331 e. The van der Waals surface area contributed by atoms with E-state index >= 15 is 0 Å². The van der Waals surface area contributed by atoms with Crippen molar-refractivity contribution in [2.45, 2.75) is 52.7 Å². The van der Waals surface area contributed by atoms with Gasteiger partial charge in [-0.05, 0) is 34.6 Å². The molecule has 0 saturated carbocycles. The first-order chi connectivity index (χ1) is 9.43. The van der Waals surface area contributed by atoms with Crippen LogP contribution in [-0.2, 0) is 0 Å². The van der Waals surface area contributed by atoms with Crippen LogP contribution in [0.1, 0.15) is 46.4 Å². The highest BCUT2D eigenvalue weighted by molar-refractivity contribution is 6.18. The SMILES string of the molecule is CC(C)N1C(=O)N2C(=NC[C@H]2C)c2c1ncn2C(C)C. The van der Waals surface area contributed by atoms with Crippen LogP contribution < -0.4 is 4.90 Å². The number of anilines is 1. The number of carbonyl (C=O) groups is 1. The van der Waals surface area contributed by atoms with Crippen LogP contribution in [0, 0.1) is 0 Å². The second-order valence-electron chi connectivity index (χ2n) is 6.05. The number of amides is 2. The summed E-state index contributed by atoms with van der Waals surface area (Å²) in [5.41, 5.74) is 0.970. The summed E-state index contributed by atoms with van der Waals surface area (Å²) in [5, 5.41) is 0. The second kappa shape index (κ2) is 4.33. The maximum atomic E-state index is 12.7. The topological polar surface area (TPSA) is 53.7 Å². The van der Waals surface area contributed by atoms with Gasteiger partial charge in [-0.3, -0.25) is 14.8 Å². The number of aromatic nitrogens is 2. The molecule has 3 rings (SSSR count). The number of hydrogen-bond acceptors (Lipinski definition) is 3. The summed E-state index contributed by atoms with van der Waals surface area (Å²) < 4.78 is 2.10. The molecule has 2 aliphatic rings. The van der Waals surface area contributed by atoms with Gasteiger partial charge in [0.2, 0.25) is 0 Å². The Bertz CT molecular complexity index is 586.